The fourth-order valence-electron chi connectivity index (χ4n) is 1.09. The number of para-hydroxylation sites is 1. The van der Waals surface area contributed by atoms with Gasteiger partial charge in [0.1, 0.15) is 0 Å². The maximum Gasteiger partial charge on any atom is 0.341 e. The van der Waals surface area contributed by atoms with E-state index in [4.69, 9.17) is 0 Å². The molecule has 3 heteroatoms. The van der Waals surface area contributed by atoms with Gasteiger partial charge in [-0.1, -0.05) is 18.2 Å². The van der Waals surface area contributed by atoms with Crippen molar-refractivity contribution in [3.63, 3.8) is 0 Å². The lowest BCUT2D eigenvalue weighted by Crippen LogP contribution is -2.32. The van der Waals surface area contributed by atoms with Gasteiger partial charge < -0.3 is 5.32 Å². The van der Waals surface area contributed by atoms with Gasteiger partial charge in [0.05, 0.1) is 5.69 Å². The lowest BCUT2D eigenvalue weighted by molar-refractivity contribution is 0.242. The Balaban J connectivity index is 2.41. The van der Waals surface area contributed by atoms with Gasteiger partial charge in [0.25, 0.3) is 0 Å². The van der Waals surface area contributed by atoms with Crippen LogP contribution in [0.15, 0.2) is 24.3 Å². The zero-order chi connectivity index (χ0) is 7.68. The molecule has 2 amide bonds. The van der Waals surface area contributed by atoms with Gasteiger partial charge in [0.15, 0.2) is 0 Å². The van der Waals surface area contributed by atoms with Crippen molar-refractivity contribution < 1.29 is 4.79 Å². The van der Waals surface area contributed by atoms with Gasteiger partial charge in [-0.05, 0) is 11.6 Å². The third-order valence-corrected chi connectivity index (χ3v) is 1.64. The van der Waals surface area contributed by atoms with E-state index < -0.39 is 0 Å². The number of carbonyl (C=O) groups is 1. The number of benzene rings is 1. The highest BCUT2D eigenvalue weighted by molar-refractivity contribution is 5.81. The van der Waals surface area contributed by atoms with Crippen LogP contribution in [0.25, 0.3) is 0 Å². The van der Waals surface area contributed by atoms with Gasteiger partial charge in [0, 0.05) is 6.54 Å². The average Bonchev–Trinajstić information content (AvgIpc) is 2.04. The second-order valence-electron chi connectivity index (χ2n) is 2.40. The molecule has 0 fully saturated rings. The first-order valence-corrected chi connectivity index (χ1v) is 3.44. The number of fused-ring (bicyclic) bond motifs is 1. The van der Waals surface area contributed by atoms with E-state index in [9.17, 15) is 4.79 Å². The lowest BCUT2D eigenvalue weighted by Gasteiger charge is -2.14. The van der Waals surface area contributed by atoms with Crippen LogP contribution in [0.3, 0.4) is 0 Å². The molecule has 0 aliphatic carbocycles. The van der Waals surface area contributed by atoms with Gasteiger partial charge in [-0.15, -0.1) is 0 Å². The molecule has 1 N–H and O–H groups in total. The van der Waals surface area contributed by atoms with Crippen molar-refractivity contribution in [2.24, 2.45) is 0 Å². The Labute approximate surface area is 64.4 Å². The molecule has 0 unspecified atom stereocenters. The van der Waals surface area contributed by atoms with Gasteiger partial charge in [-0.2, -0.15) is 5.32 Å². The predicted octanol–water partition coefficient (Wildman–Crippen LogP) is 1.15. The Hall–Kier alpha value is -1.51. The second-order valence-corrected chi connectivity index (χ2v) is 2.40. The number of rotatable bonds is 0. The molecule has 1 aliphatic rings. The minimum absolute atomic E-state index is 0.247. The van der Waals surface area contributed by atoms with E-state index in [2.05, 4.69) is 10.6 Å². The third kappa shape index (κ3) is 1.05. The van der Waals surface area contributed by atoms with E-state index in [1.54, 1.807) is 0 Å². The number of nitrogens with zero attached hydrogens (tertiary/aromatic N) is 1. The molecule has 11 heavy (non-hydrogen) atoms. The molecule has 1 aliphatic heterocycles. The highest BCUT2D eigenvalue weighted by Gasteiger charge is 2.13. The van der Waals surface area contributed by atoms with E-state index in [0.29, 0.717) is 6.54 Å². The molecule has 1 radical (unpaired) electrons. The van der Waals surface area contributed by atoms with Crippen LogP contribution in [-0.4, -0.2) is 6.03 Å². The summed E-state index contributed by atoms with van der Waals surface area (Å²) < 4.78 is 0. The van der Waals surface area contributed by atoms with Crippen molar-refractivity contribution in [3.8, 4) is 0 Å². The SMILES string of the molecule is O=C1[N]c2ccccc2CN1. The second kappa shape index (κ2) is 2.27. The third-order valence-electron chi connectivity index (χ3n) is 1.64. The fraction of sp³-hybridized carbons (Fsp3) is 0.125. The first-order chi connectivity index (χ1) is 5.36. The van der Waals surface area contributed by atoms with Crippen LogP contribution in [-0.2, 0) is 6.54 Å². The number of nitrogens with one attached hydrogen (secondary N) is 1. The lowest BCUT2D eigenvalue weighted by atomic mass is 10.1. The summed E-state index contributed by atoms with van der Waals surface area (Å²) in [6.45, 7) is 0.596. The van der Waals surface area contributed by atoms with Crippen molar-refractivity contribution in [2.75, 3.05) is 0 Å². The van der Waals surface area contributed by atoms with E-state index in [0.717, 1.165) is 11.3 Å². The largest absolute Gasteiger partial charge is 0.341 e. The quantitative estimate of drug-likeness (QED) is 0.587. The Morgan fingerprint density at radius 3 is 3.09 bits per heavy atom. The molecule has 1 aromatic carbocycles. The van der Waals surface area contributed by atoms with Crippen LogP contribution in [0.5, 0.6) is 0 Å². The highest BCUT2D eigenvalue weighted by Crippen LogP contribution is 2.17. The number of urea groups is 1. The molecule has 3 nitrogen and oxygen atoms in total. The molecule has 0 saturated carbocycles. The Kier molecular flexibility index (Phi) is 1.28. The zero-order valence-corrected chi connectivity index (χ0v) is 5.87. The van der Waals surface area contributed by atoms with Crippen LogP contribution >= 0.6 is 0 Å². The van der Waals surface area contributed by atoms with Crippen LogP contribution in [0.1, 0.15) is 5.56 Å². The minimum Gasteiger partial charge on any atom is -0.332 e. The maximum atomic E-state index is 10.7. The minimum atomic E-state index is -0.247. The van der Waals surface area contributed by atoms with Crippen LogP contribution < -0.4 is 10.6 Å². The van der Waals surface area contributed by atoms with Crippen LogP contribution in [0, 0.1) is 0 Å². The van der Waals surface area contributed by atoms with Gasteiger partial charge >= 0.3 is 6.03 Å². The standard InChI is InChI=1S/C8H7N2O/c11-8-9-5-6-3-1-2-4-7(6)10-8/h1-4H,5H2,(H,9,11). The summed E-state index contributed by atoms with van der Waals surface area (Å²) in [5.74, 6) is 0. The molecule has 0 bridgehead atoms. The van der Waals surface area contributed by atoms with E-state index in [1.807, 2.05) is 24.3 Å². The fourth-order valence-corrected chi connectivity index (χ4v) is 1.09. The molecular weight excluding hydrogens is 140 g/mol. The molecule has 0 spiro atoms. The van der Waals surface area contributed by atoms with E-state index in [-0.39, 0.29) is 6.03 Å². The summed E-state index contributed by atoms with van der Waals surface area (Å²) in [6, 6.07) is 7.36. The summed E-state index contributed by atoms with van der Waals surface area (Å²) in [4.78, 5) is 10.7. The first-order valence-electron chi connectivity index (χ1n) is 3.44. The number of hydrogen-bond donors (Lipinski definition) is 1. The van der Waals surface area contributed by atoms with Gasteiger partial charge in [-0.3, -0.25) is 0 Å². The van der Waals surface area contributed by atoms with Gasteiger partial charge in [0.2, 0.25) is 0 Å². The molecule has 1 heterocycles. The van der Waals surface area contributed by atoms with Crippen LogP contribution in [0.2, 0.25) is 0 Å². The number of hydrogen-bond acceptors (Lipinski definition) is 1. The van der Waals surface area contributed by atoms with Crippen LogP contribution in [0.4, 0.5) is 10.5 Å². The van der Waals surface area contributed by atoms with Crippen molar-refractivity contribution in [3.05, 3.63) is 29.8 Å². The Bertz CT molecular complexity index is 296. The molecular formula is C8H7N2O. The highest BCUT2D eigenvalue weighted by atomic mass is 16.2. The summed E-state index contributed by atoms with van der Waals surface area (Å²) in [7, 11) is 0. The topological polar surface area (TPSA) is 43.2 Å². The monoisotopic (exact) mass is 147 g/mol. The predicted molar refractivity (Wildman–Crippen MR) is 40.5 cm³/mol. The smallest absolute Gasteiger partial charge is 0.332 e. The van der Waals surface area contributed by atoms with E-state index >= 15 is 0 Å². The molecule has 0 aromatic heterocycles. The molecule has 1 aromatic rings. The van der Waals surface area contributed by atoms with E-state index in [1.165, 1.54) is 0 Å². The molecule has 0 atom stereocenters. The van der Waals surface area contributed by atoms with Crippen molar-refractivity contribution in [1.82, 2.24) is 10.6 Å². The number of amides is 2. The van der Waals surface area contributed by atoms with Crippen molar-refractivity contribution in [2.45, 2.75) is 6.54 Å². The Morgan fingerprint density at radius 1 is 1.36 bits per heavy atom. The summed E-state index contributed by atoms with van der Waals surface area (Å²) in [5.41, 5.74) is 1.86. The summed E-state index contributed by atoms with van der Waals surface area (Å²) in [5, 5.41) is 6.43. The maximum absolute atomic E-state index is 10.7. The average molecular weight is 147 g/mol. The zero-order valence-electron chi connectivity index (χ0n) is 5.87. The van der Waals surface area contributed by atoms with Gasteiger partial charge in [-0.25, -0.2) is 4.79 Å². The number of carbonyl (C=O) groups excluding carboxylic acids is 1. The Morgan fingerprint density at radius 2 is 2.18 bits per heavy atom. The first kappa shape index (κ1) is 6.22. The molecule has 0 saturated heterocycles. The molecule has 2 rings (SSSR count). The molecule has 55 valence electrons. The normalized spacial score (nSPS) is 14.7. The van der Waals surface area contributed by atoms with Crippen molar-refractivity contribution >= 4 is 11.7 Å². The summed E-state index contributed by atoms with van der Waals surface area (Å²) >= 11 is 0. The summed E-state index contributed by atoms with van der Waals surface area (Å²) in [6.07, 6.45) is 0. The van der Waals surface area contributed by atoms with Crippen molar-refractivity contribution in [1.29, 1.82) is 0 Å².